The second kappa shape index (κ2) is 6.93. The first-order valence-corrected chi connectivity index (χ1v) is 9.65. The fourth-order valence-corrected chi connectivity index (χ4v) is 4.06. The third-order valence-electron chi connectivity index (χ3n) is 3.64. The molecule has 1 aliphatic rings. The zero-order valence-electron chi connectivity index (χ0n) is 13.4. The van der Waals surface area contributed by atoms with Gasteiger partial charge in [-0.15, -0.1) is 22.0 Å². The summed E-state index contributed by atoms with van der Waals surface area (Å²) in [7, 11) is 0. The van der Waals surface area contributed by atoms with E-state index < -0.39 is 0 Å². The Hall–Kier alpha value is -2.26. The highest BCUT2D eigenvalue weighted by Gasteiger charge is 2.28. The van der Waals surface area contributed by atoms with Gasteiger partial charge in [0.05, 0.1) is 11.3 Å². The van der Waals surface area contributed by atoms with Crippen molar-refractivity contribution in [2.75, 3.05) is 5.32 Å². The molecule has 25 heavy (non-hydrogen) atoms. The van der Waals surface area contributed by atoms with Crippen LogP contribution in [0.2, 0.25) is 0 Å². The van der Waals surface area contributed by atoms with Crippen molar-refractivity contribution in [1.82, 2.24) is 20.3 Å². The quantitative estimate of drug-likeness (QED) is 0.659. The summed E-state index contributed by atoms with van der Waals surface area (Å²) in [4.78, 5) is 17.6. The number of aromatic nitrogens is 4. The summed E-state index contributed by atoms with van der Waals surface area (Å²) < 4.78 is 5.11. The molecule has 1 fully saturated rings. The summed E-state index contributed by atoms with van der Waals surface area (Å²) in [5.74, 6) is 1.99. The molecule has 128 valence electrons. The number of nitrogens with one attached hydrogen (secondary N) is 1. The smallest absolute Gasteiger partial charge is 0.258 e. The third kappa shape index (κ3) is 3.88. The molecular weight excluding hydrogens is 358 g/mol. The fraction of sp³-hybridized carbons (Fsp3) is 0.312. The van der Waals surface area contributed by atoms with Crippen LogP contribution in [0, 0.1) is 6.92 Å². The summed E-state index contributed by atoms with van der Waals surface area (Å²) in [6, 6.07) is 7.43. The summed E-state index contributed by atoms with van der Waals surface area (Å²) in [5, 5.41) is 16.4. The van der Waals surface area contributed by atoms with Gasteiger partial charge in [0.1, 0.15) is 5.01 Å². The number of hydrogen-bond donors (Lipinski definition) is 1. The van der Waals surface area contributed by atoms with Crippen LogP contribution in [0.15, 0.2) is 33.7 Å². The lowest BCUT2D eigenvalue weighted by Gasteiger charge is -2.07. The first-order chi connectivity index (χ1) is 12.2. The highest BCUT2D eigenvalue weighted by molar-refractivity contribution is 7.98. The molecule has 2 heterocycles. The van der Waals surface area contributed by atoms with Crippen molar-refractivity contribution in [1.29, 1.82) is 0 Å². The van der Waals surface area contributed by atoms with E-state index in [9.17, 15) is 4.79 Å². The molecule has 1 N–H and O–H groups in total. The van der Waals surface area contributed by atoms with Crippen LogP contribution in [0.1, 0.15) is 45.8 Å². The number of nitrogens with zero attached hydrogens (tertiary/aromatic N) is 4. The van der Waals surface area contributed by atoms with Crippen LogP contribution in [0.25, 0.3) is 0 Å². The maximum atomic E-state index is 12.6. The number of hydrogen-bond acceptors (Lipinski definition) is 8. The van der Waals surface area contributed by atoms with Crippen molar-refractivity contribution in [2.45, 2.75) is 36.3 Å². The van der Waals surface area contributed by atoms with Crippen LogP contribution >= 0.6 is 23.1 Å². The Bertz CT molecular complexity index is 903. The van der Waals surface area contributed by atoms with Crippen LogP contribution in [0.3, 0.4) is 0 Å². The van der Waals surface area contributed by atoms with E-state index in [-0.39, 0.29) is 5.91 Å². The lowest BCUT2D eigenvalue weighted by Crippen LogP contribution is -2.12. The number of anilines is 1. The number of benzene rings is 1. The normalized spacial score (nSPS) is 13.8. The van der Waals surface area contributed by atoms with Crippen molar-refractivity contribution < 1.29 is 9.32 Å². The lowest BCUT2D eigenvalue weighted by atomic mass is 10.2. The Morgan fingerprint density at radius 1 is 1.36 bits per heavy atom. The molecule has 0 bridgehead atoms. The Morgan fingerprint density at radius 3 is 2.96 bits per heavy atom. The average Bonchev–Trinajstić information content (AvgIpc) is 3.23. The van der Waals surface area contributed by atoms with Crippen molar-refractivity contribution in [3.63, 3.8) is 0 Å². The molecule has 4 rings (SSSR count). The molecule has 7 nitrogen and oxygen atoms in total. The fourth-order valence-electron chi connectivity index (χ4n) is 2.26. The Kier molecular flexibility index (Phi) is 4.50. The first-order valence-electron chi connectivity index (χ1n) is 7.85. The van der Waals surface area contributed by atoms with E-state index in [0.29, 0.717) is 34.1 Å². The second-order valence-electron chi connectivity index (χ2n) is 5.69. The molecule has 0 spiro atoms. The van der Waals surface area contributed by atoms with Gasteiger partial charge in [-0.1, -0.05) is 28.6 Å². The van der Waals surface area contributed by atoms with Gasteiger partial charge in [0.15, 0.2) is 5.82 Å². The molecular formula is C16H15N5O2S2. The largest absolute Gasteiger partial charge is 0.338 e. The van der Waals surface area contributed by atoms with Crippen LogP contribution in [0.4, 0.5) is 5.13 Å². The molecule has 0 aliphatic heterocycles. The molecule has 1 aliphatic carbocycles. The zero-order valence-corrected chi connectivity index (χ0v) is 15.1. The summed E-state index contributed by atoms with van der Waals surface area (Å²) in [6.45, 7) is 1.77. The van der Waals surface area contributed by atoms with Crippen molar-refractivity contribution in [3.8, 4) is 0 Å². The Labute approximate surface area is 152 Å². The molecule has 1 aromatic carbocycles. The van der Waals surface area contributed by atoms with E-state index >= 15 is 0 Å². The monoisotopic (exact) mass is 373 g/mol. The molecule has 9 heteroatoms. The molecule has 1 saturated carbocycles. The molecule has 2 aromatic heterocycles. The Morgan fingerprint density at radius 2 is 2.20 bits per heavy atom. The van der Waals surface area contributed by atoms with Crippen molar-refractivity contribution >= 4 is 34.1 Å². The van der Waals surface area contributed by atoms with Gasteiger partial charge < -0.3 is 4.52 Å². The van der Waals surface area contributed by atoms with Gasteiger partial charge in [0, 0.05) is 10.8 Å². The van der Waals surface area contributed by atoms with Crippen molar-refractivity contribution in [3.05, 3.63) is 46.6 Å². The van der Waals surface area contributed by atoms with Gasteiger partial charge in [-0.2, -0.15) is 4.98 Å². The third-order valence-corrected chi connectivity index (χ3v) is 5.70. The van der Waals surface area contributed by atoms with Crippen LogP contribution < -0.4 is 5.32 Å². The number of amides is 1. The van der Waals surface area contributed by atoms with Gasteiger partial charge in [-0.3, -0.25) is 10.1 Å². The molecule has 1 amide bonds. The predicted molar refractivity (Wildman–Crippen MR) is 94.9 cm³/mol. The molecule has 0 unspecified atom stereocenters. The highest BCUT2D eigenvalue weighted by atomic mass is 32.2. The first kappa shape index (κ1) is 16.2. The number of aryl methyl sites for hydroxylation is 1. The minimum Gasteiger partial charge on any atom is -0.338 e. The molecule has 0 radical (unpaired) electrons. The summed E-state index contributed by atoms with van der Waals surface area (Å²) in [5.41, 5.74) is 0.590. The summed E-state index contributed by atoms with van der Waals surface area (Å²) >= 11 is 2.93. The zero-order chi connectivity index (χ0) is 17.2. The van der Waals surface area contributed by atoms with Crippen LogP contribution in [0.5, 0.6) is 0 Å². The van der Waals surface area contributed by atoms with Gasteiger partial charge >= 0.3 is 0 Å². The maximum Gasteiger partial charge on any atom is 0.258 e. The molecule has 0 saturated heterocycles. The Balaban J connectivity index is 1.45. The van der Waals surface area contributed by atoms with E-state index in [0.717, 1.165) is 22.7 Å². The van der Waals surface area contributed by atoms with Crippen LogP contribution in [-0.2, 0) is 5.75 Å². The van der Waals surface area contributed by atoms with E-state index in [1.807, 2.05) is 18.2 Å². The van der Waals surface area contributed by atoms with Gasteiger partial charge in [-0.25, -0.2) is 0 Å². The minimum atomic E-state index is -0.191. The van der Waals surface area contributed by atoms with Crippen LogP contribution in [-0.4, -0.2) is 26.2 Å². The van der Waals surface area contributed by atoms with E-state index in [1.54, 1.807) is 13.0 Å². The highest BCUT2D eigenvalue weighted by Crippen LogP contribution is 2.42. The maximum absolute atomic E-state index is 12.6. The van der Waals surface area contributed by atoms with Gasteiger partial charge in [0.2, 0.25) is 11.0 Å². The molecule has 3 aromatic rings. The average molecular weight is 373 g/mol. The topological polar surface area (TPSA) is 93.8 Å². The minimum absolute atomic E-state index is 0.191. The number of carbonyl (C=O) groups excluding carboxylic acids is 1. The number of rotatable bonds is 6. The van der Waals surface area contributed by atoms with E-state index in [4.69, 9.17) is 4.52 Å². The predicted octanol–water partition coefficient (Wildman–Crippen LogP) is 3.65. The van der Waals surface area contributed by atoms with Gasteiger partial charge in [-0.05, 0) is 31.9 Å². The number of thioether (sulfide) groups is 1. The van der Waals surface area contributed by atoms with E-state index in [2.05, 4.69) is 25.7 Å². The molecule has 0 atom stereocenters. The standard InChI is InChI=1S/C16H15N5O2S2/c1-9-17-13(23-21-9)8-24-12-5-3-2-4-11(12)14(22)18-16-20-19-15(25-16)10-6-7-10/h2-5,10H,6-8H2,1H3,(H,18,20,22). The lowest BCUT2D eigenvalue weighted by molar-refractivity contribution is 0.102. The SMILES string of the molecule is Cc1noc(CSc2ccccc2C(=O)Nc2nnc(C3CC3)s2)n1. The van der Waals surface area contributed by atoms with E-state index in [1.165, 1.54) is 23.1 Å². The number of carbonyl (C=O) groups is 1. The second-order valence-corrected chi connectivity index (χ2v) is 7.72. The summed E-state index contributed by atoms with van der Waals surface area (Å²) in [6.07, 6.45) is 2.33. The van der Waals surface area contributed by atoms with Gasteiger partial charge in [0.25, 0.3) is 5.91 Å². The van der Waals surface area contributed by atoms with Crippen molar-refractivity contribution in [2.24, 2.45) is 0 Å².